The van der Waals surface area contributed by atoms with Gasteiger partial charge in [-0.1, -0.05) is 13.8 Å². The molecule has 0 aliphatic carbocycles. The van der Waals surface area contributed by atoms with E-state index in [2.05, 4.69) is 32.6 Å². The Kier molecular flexibility index (Phi) is 3.74. The standard InChI is InChI=1S/C11H23NO/c1-10(2)13-7-5-6-12-8-11(3,4)9-12/h10H,5-9H2,1-4H3. The van der Waals surface area contributed by atoms with E-state index in [9.17, 15) is 0 Å². The Labute approximate surface area is 82.3 Å². The second-order valence-electron chi connectivity index (χ2n) is 5.15. The van der Waals surface area contributed by atoms with Crippen LogP contribution in [-0.4, -0.2) is 37.2 Å². The topological polar surface area (TPSA) is 12.5 Å². The lowest BCUT2D eigenvalue weighted by Gasteiger charge is -2.46. The number of likely N-dealkylation sites (tertiary alicyclic amines) is 1. The van der Waals surface area contributed by atoms with Crippen LogP contribution in [0.1, 0.15) is 34.1 Å². The highest BCUT2D eigenvalue weighted by atomic mass is 16.5. The first-order valence-electron chi connectivity index (χ1n) is 5.33. The molecule has 0 aromatic rings. The van der Waals surface area contributed by atoms with Gasteiger partial charge >= 0.3 is 0 Å². The molecule has 0 N–H and O–H groups in total. The van der Waals surface area contributed by atoms with Crippen LogP contribution in [0.3, 0.4) is 0 Å². The highest BCUT2D eigenvalue weighted by Gasteiger charge is 2.33. The predicted octanol–water partition coefficient (Wildman–Crippen LogP) is 2.14. The van der Waals surface area contributed by atoms with E-state index < -0.39 is 0 Å². The van der Waals surface area contributed by atoms with Gasteiger partial charge in [0, 0.05) is 26.2 Å². The van der Waals surface area contributed by atoms with Crippen molar-refractivity contribution >= 4 is 0 Å². The smallest absolute Gasteiger partial charge is 0.0518 e. The minimum atomic E-state index is 0.382. The van der Waals surface area contributed by atoms with Gasteiger partial charge in [-0.25, -0.2) is 0 Å². The summed E-state index contributed by atoms with van der Waals surface area (Å²) in [6.07, 6.45) is 1.56. The summed E-state index contributed by atoms with van der Waals surface area (Å²) < 4.78 is 5.49. The summed E-state index contributed by atoms with van der Waals surface area (Å²) >= 11 is 0. The Hall–Kier alpha value is -0.0800. The van der Waals surface area contributed by atoms with Crippen LogP contribution < -0.4 is 0 Å². The van der Waals surface area contributed by atoms with Gasteiger partial charge in [-0.15, -0.1) is 0 Å². The average molecular weight is 185 g/mol. The molecule has 2 nitrogen and oxygen atoms in total. The quantitative estimate of drug-likeness (QED) is 0.608. The molecule has 0 aromatic carbocycles. The van der Waals surface area contributed by atoms with Crippen LogP contribution >= 0.6 is 0 Å². The average Bonchev–Trinajstić information content (AvgIpc) is 1.93. The zero-order valence-electron chi connectivity index (χ0n) is 9.47. The van der Waals surface area contributed by atoms with Gasteiger partial charge in [0.15, 0.2) is 0 Å². The molecule has 2 heteroatoms. The van der Waals surface area contributed by atoms with Crippen molar-refractivity contribution < 1.29 is 4.74 Å². The monoisotopic (exact) mass is 185 g/mol. The number of hydrogen-bond acceptors (Lipinski definition) is 2. The largest absolute Gasteiger partial charge is 0.379 e. The zero-order valence-corrected chi connectivity index (χ0v) is 9.47. The third-order valence-corrected chi connectivity index (χ3v) is 2.37. The van der Waals surface area contributed by atoms with Crippen molar-refractivity contribution in [2.75, 3.05) is 26.2 Å². The maximum absolute atomic E-state index is 5.49. The Bertz CT molecular complexity index is 146. The molecule has 0 amide bonds. The molecule has 0 saturated carbocycles. The summed E-state index contributed by atoms with van der Waals surface area (Å²) in [6, 6.07) is 0. The van der Waals surface area contributed by atoms with Crippen molar-refractivity contribution in [1.29, 1.82) is 0 Å². The van der Waals surface area contributed by atoms with Gasteiger partial charge in [-0.05, 0) is 25.7 Å². The molecular formula is C11H23NO. The Balaban J connectivity index is 1.91. The number of rotatable bonds is 5. The molecule has 1 saturated heterocycles. The second kappa shape index (κ2) is 4.43. The molecule has 78 valence electrons. The first-order chi connectivity index (χ1) is 5.99. The Morgan fingerprint density at radius 2 is 1.92 bits per heavy atom. The molecule has 1 aliphatic heterocycles. The van der Waals surface area contributed by atoms with Crippen LogP contribution in [0, 0.1) is 5.41 Å². The van der Waals surface area contributed by atoms with Crippen molar-refractivity contribution in [3.63, 3.8) is 0 Å². The van der Waals surface area contributed by atoms with Crippen LogP contribution in [-0.2, 0) is 4.74 Å². The van der Waals surface area contributed by atoms with Crippen molar-refractivity contribution in [3.05, 3.63) is 0 Å². The maximum atomic E-state index is 5.49. The number of nitrogens with zero attached hydrogens (tertiary/aromatic N) is 1. The van der Waals surface area contributed by atoms with Crippen molar-refractivity contribution in [2.45, 2.75) is 40.2 Å². The van der Waals surface area contributed by atoms with Gasteiger partial charge in [0.2, 0.25) is 0 Å². The van der Waals surface area contributed by atoms with E-state index in [4.69, 9.17) is 4.74 Å². The molecular weight excluding hydrogens is 162 g/mol. The third-order valence-electron chi connectivity index (χ3n) is 2.37. The molecule has 0 radical (unpaired) electrons. The molecule has 0 aromatic heterocycles. The van der Waals surface area contributed by atoms with Gasteiger partial charge in [-0.2, -0.15) is 0 Å². The minimum absolute atomic E-state index is 0.382. The normalized spacial score (nSPS) is 21.9. The van der Waals surface area contributed by atoms with Crippen LogP contribution in [0.2, 0.25) is 0 Å². The van der Waals surface area contributed by atoms with Crippen LogP contribution in [0.4, 0.5) is 0 Å². The lowest BCUT2D eigenvalue weighted by Crippen LogP contribution is -2.53. The lowest BCUT2D eigenvalue weighted by atomic mass is 9.84. The number of hydrogen-bond donors (Lipinski definition) is 0. The van der Waals surface area contributed by atoms with E-state index in [-0.39, 0.29) is 0 Å². The van der Waals surface area contributed by atoms with E-state index in [0.29, 0.717) is 11.5 Å². The van der Waals surface area contributed by atoms with Gasteiger partial charge in [0.1, 0.15) is 0 Å². The van der Waals surface area contributed by atoms with Gasteiger partial charge in [0.05, 0.1) is 6.10 Å². The van der Waals surface area contributed by atoms with Crippen molar-refractivity contribution in [2.24, 2.45) is 5.41 Å². The lowest BCUT2D eigenvalue weighted by molar-refractivity contribution is 0.0148. The predicted molar refractivity (Wildman–Crippen MR) is 55.9 cm³/mol. The Morgan fingerprint density at radius 1 is 1.31 bits per heavy atom. The SMILES string of the molecule is CC(C)OCCCN1CC(C)(C)C1. The van der Waals surface area contributed by atoms with E-state index in [1.807, 2.05) is 0 Å². The molecule has 0 spiro atoms. The van der Waals surface area contributed by atoms with E-state index in [1.54, 1.807) is 0 Å². The second-order valence-corrected chi connectivity index (χ2v) is 5.15. The molecule has 1 aliphatic rings. The molecule has 0 unspecified atom stereocenters. The van der Waals surface area contributed by atoms with Crippen molar-refractivity contribution in [3.8, 4) is 0 Å². The molecule has 13 heavy (non-hydrogen) atoms. The Morgan fingerprint density at radius 3 is 2.38 bits per heavy atom. The highest BCUT2D eigenvalue weighted by molar-refractivity contribution is 4.87. The van der Waals surface area contributed by atoms with Gasteiger partial charge in [0.25, 0.3) is 0 Å². The molecule has 0 bridgehead atoms. The summed E-state index contributed by atoms with van der Waals surface area (Å²) in [5.41, 5.74) is 0.568. The summed E-state index contributed by atoms with van der Waals surface area (Å²) in [7, 11) is 0. The molecule has 0 atom stereocenters. The van der Waals surface area contributed by atoms with Crippen molar-refractivity contribution in [1.82, 2.24) is 4.90 Å². The fourth-order valence-corrected chi connectivity index (χ4v) is 1.93. The fraction of sp³-hybridized carbons (Fsp3) is 1.00. The van der Waals surface area contributed by atoms with E-state index in [1.165, 1.54) is 26.1 Å². The summed E-state index contributed by atoms with van der Waals surface area (Å²) in [6.45, 7) is 13.5. The zero-order chi connectivity index (χ0) is 9.90. The fourth-order valence-electron chi connectivity index (χ4n) is 1.93. The third kappa shape index (κ3) is 4.10. The summed E-state index contributed by atoms with van der Waals surface area (Å²) in [4.78, 5) is 2.50. The number of ether oxygens (including phenoxy) is 1. The molecule has 1 fully saturated rings. The highest BCUT2D eigenvalue weighted by Crippen LogP contribution is 2.28. The van der Waals surface area contributed by atoms with Gasteiger partial charge in [-0.3, -0.25) is 0 Å². The first-order valence-corrected chi connectivity index (χ1v) is 5.33. The first kappa shape index (κ1) is 11.0. The van der Waals surface area contributed by atoms with Crippen LogP contribution in [0.15, 0.2) is 0 Å². The minimum Gasteiger partial charge on any atom is -0.379 e. The van der Waals surface area contributed by atoms with Crippen LogP contribution in [0.5, 0.6) is 0 Å². The maximum Gasteiger partial charge on any atom is 0.0518 e. The van der Waals surface area contributed by atoms with Gasteiger partial charge < -0.3 is 9.64 Å². The summed E-state index contributed by atoms with van der Waals surface area (Å²) in [5, 5.41) is 0. The van der Waals surface area contributed by atoms with Crippen LogP contribution in [0.25, 0.3) is 0 Å². The molecule has 1 rings (SSSR count). The summed E-state index contributed by atoms with van der Waals surface area (Å²) in [5.74, 6) is 0. The van der Waals surface area contributed by atoms with E-state index >= 15 is 0 Å². The van der Waals surface area contributed by atoms with E-state index in [0.717, 1.165) is 6.61 Å². The molecule has 1 heterocycles.